The number of hydrogen-bond donors (Lipinski definition) is 1. The number of nitrogens with zero attached hydrogens (tertiary/aromatic N) is 1. The van der Waals surface area contributed by atoms with Gasteiger partial charge in [0.25, 0.3) is 11.7 Å². The van der Waals surface area contributed by atoms with Gasteiger partial charge in [-0.25, -0.2) is 0 Å². The molecule has 7 heteroatoms. The summed E-state index contributed by atoms with van der Waals surface area (Å²) in [5.74, 6) is -0.676. The lowest BCUT2D eigenvalue weighted by Crippen LogP contribution is -2.32. The van der Waals surface area contributed by atoms with Crippen LogP contribution >= 0.6 is 0 Å². The number of amides is 1. The molecule has 2 aromatic rings. The topological polar surface area (TPSA) is 85.3 Å². The molecule has 31 heavy (non-hydrogen) atoms. The first kappa shape index (κ1) is 22.4. The number of Topliss-reactive ketones (excluding diaryl/α,β-unsaturated/α-hetero) is 1. The van der Waals surface area contributed by atoms with Crippen LogP contribution in [-0.2, 0) is 14.3 Å². The van der Waals surface area contributed by atoms with Crippen molar-refractivity contribution in [3.8, 4) is 11.5 Å². The van der Waals surface area contributed by atoms with Crippen molar-refractivity contribution in [3.63, 3.8) is 0 Å². The molecule has 1 atom stereocenters. The molecule has 1 unspecified atom stereocenters. The molecule has 1 saturated heterocycles. The Kier molecular flexibility index (Phi) is 6.97. The van der Waals surface area contributed by atoms with Gasteiger partial charge in [-0.15, -0.1) is 0 Å². The van der Waals surface area contributed by atoms with Crippen LogP contribution in [0, 0.1) is 6.92 Å². The first-order chi connectivity index (χ1) is 14.9. The third-order valence-electron chi connectivity index (χ3n) is 5.17. The predicted molar refractivity (Wildman–Crippen MR) is 116 cm³/mol. The fourth-order valence-corrected chi connectivity index (χ4v) is 3.74. The molecular weight excluding hydrogens is 398 g/mol. The molecule has 164 valence electrons. The monoisotopic (exact) mass is 425 g/mol. The first-order valence-electron chi connectivity index (χ1n) is 10.1. The number of aliphatic hydroxyl groups is 1. The number of ether oxygens (including phenoxy) is 3. The van der Waals surface area contributed by atoms with Gasteiger partial charge in [0.2, 0.25) is 0 Å². The van der Waals surface area contributed by atoms with Crippen LogP contribution in [0.15, 0.2) is 48.0 Å². The van der Waals surface area contributed by atoms with Gasteiger partial charge in [-0.05, 0) is 43.7 Å². The van der Waals surface area contributed by atoms with Gasteiger partial charge in [0, 0.05) is 13.7 Å². The largest absolute Gasteiger partial charge is 0.507 e. The third kappa shape index (κ3) is 4.41. The Hall–Kier alpha value is -3.32. The van der Waals surface area contributed by atoms with Gasteiger partial charge in [0.1, 0.15) is 17.3 Å². The van der Waals surface area contributed by atoms with Crippen LogP contribution in [0.5, 0.6) is 11.5 Å². The van der Waals surface area contributed by atoms with Crippen LogP contribution < -0.4 is 9.47 Å². The Morgan fingerprint density at radius 3 is 2.58 bits per heavy atom. The molecule has 1 aliphatic rings. The molecule has 7 nitrogen and oxygen atoms in total. The van der Waals surface area contributed by atoms with E-state index in [1.54, 1.807) is 36.4 Å². The molecule has 1 N–H and O–H groups in total. The summed E-state index contributed by atoms with van der Waals surface area (Å²) in [7, 11) is 3.01. The summed E-state index contributed by atoms with van der Waals surface area (Å²) in [6, 6.07) is 11.7. The molecule has 0 radical (unpaired) electrons. The molecule has 0 saturated carbocycles. The summed E-state index contributed by atoms with van der Waals surface area (Å²) < 4.78 is 16.1. The highest BCUT2D eigenvalue weighted by Crippen LogP contribution is 2.41. The van der Waals surface area contributed by atoms with Crippen molar-refractivity contribution in [2.75, 3.05) is 34.0 Å². The number of likely N-dealkylation sites (tertiary alicyclic amines) is 1. The molecule has 1 aliphatic heterocycles. The fourth-order valence-electron chi connectivity index (χ4n) is 3.74. The van der Waals surface area contributed by atoms with Crippen molar-refractivity contribution >= 4 is 17.4 Å². The summed E-state index contributed by atoms with van der Waals surface area (Å²) >= 11 is 0. The number of aryl methyl sites for hydroxylation is 1. The van der Waals surface area contributed by atoms with Gasteiger partial charge < -0.3 is 24.2 Å². The molecule has 1 amide bonds. The summed E-state index contributed by atoms with van der Waals surface area (Å²) in [5.41, 5.74) is 1.91. The van der Waals surface area contributed by atoms with Gasteiger partial charge in [0.05, 0.1) is 37.5 Å². The van der Waals surface area contributed by atoms with E-state index in [-0.39, 0.29) is 24.5 Å². The van der Waals surface area contributed by atoms with E-state index in [0.29, 0.717) is 29.2 Å². The van der Waals surface area contributed by atoms with Crippen molar-refractivity contribution in [2.24, 2.45) is 0 Å². The molecule has 0 bridgehead atoms. The lowest BCUT2D eigenvalue weighted by Gasteiger charge is -2.25. The van der Waals surface area contributed by atoms with Crippen molar-refractivity contribution in [1.29, 1.82) is 0 Å². The highest BCUT2D eigenvalue weighted by Gasteiger charge is 2.46. The maximum atomic E-state index is 13.1. The van der Waals surface area contributed by atoms with Gasteiger partial charge in [0.15, 0.2) is 0 Å². The van der Waals surface area contributed by atoms with Gasteiger partial charge >= 0.3 is 0 Å². The Bertz CT molecular complexity index is 1010. The number of benzene rings is 2. The minimum absolute atomic E-state index is 0.0126. The number of methoxy groups -OCH3 is 2. The second kappa shape index (κ2) is 9.66. The number of aliphatic hydroxyl groups excluding tert-OH is 1. The lowest BCUT2D eigenvalue weighted by molar-refractivity contribution is -0.140. The first-order valence-corrected chi connectivity index (χ1v) is 10.1. The summed E-state index contributed by atoms with van der Waals surface area (Å²) in [5, 5.41) is 11.2. The Labute approximate surface area is 181 Å². The molecular formula is C24H27NO6. The molecule has 0 aromatic heterocycles. The van der Waals surface area contributed by atoms with E-state index in [1.807, 2.05) is 19.9 Å². The predicted octanol–water partition coefficient (Wildman–Crippen LogP) is 3.47. The molecule has 3 rings (SSSR count). The van der Waals surface area contributed by atoms with Crippen LogP contribution in [0.3, 0.4) is 0 Å². The van der Waals surface area contributed by atoms with Gasteiger partial charge in [-0.3, -0.25) is 9.59 Å². The van der Waals surface area contributed by atoms with Crippen molar-refractivity contribution in [3.05, 3.63) is 64.7 Å². The molecule has 0 spiro atoms. The van der Waals surface area contributed by atoms with Crippen molar-refractivity contribution < 1.29 is 28.9 Å². The Morgan fingerprint density at radius 1 is 1.13 bits per heavy atom. The minimum Gasteiger partial charge on any atom is -0.507 e. The summed E-state index contributed by atoms with van der Waals surface area (Å²) in [6.45, 7) is 4.68. The smallest absolute Gasteiger partial charge is 0.295 e. The maximum absolute atomic E-state index is 13.1. The van der Waals surface area contributed by atoms with E-state index in [2.05, 4.69) is 0 Å². The average molecular weight is 425 g/mol. The summed E-state index contributed by atoms with van der Waals surface area (Å²) in [6.07, 6.45) is 0. The third-order valence-corrected chi connectivity index (χ3v) is 5.17. The highest BCUT2D eigenvalue weighted by molar-refractivity contribution is 6.46. The standard InChI is InChI=1S/C24H27NO6/c1-5-31-17-8-6-7-16(14-17)21-20(23(27)24(28)25(21)11-12-29-3)22(26)18-13-15(2)9-10-19(18)30-4/h6-10,13-14,21,26H,5,11-12H2,1-4H3/b22-20+. The number of rotatable bonds is 8. The number of carbonyl (C=O) groups is 2. The van der Waals surface area contributed by atoms with Crippen LogP contribution in [0.25, 0.3) is 5.76 Å². The van der Waals surface area contributed by atoms with E-state index >= 15 is 0 Å². The molecule has 2 aromatic carbocycles. The van der Waals surface area contributed by atoms with Crippen LogP contribution in [0.4, 0.5) is 0 Å². The number of carbonyl (C=O) groups excluding carboxylic acids is 2. The van der Waals surface area contributed by atoms with E-state index in [0.717, 1.165) is 5.56 Å². The maximum Gasteiger partial charge on any atom is 0.295 e. The number of hydrogen-bond acceptors (Lipinski definition) is 6. The second-order valence-corrected chi connectivity index (χ2v) is 7.19. The van der Waals surface area contributed by atoms with E-state index < -0.39 is 17.7 Å². The molecule has 0 aliphatic carbocycles. The second-order valence-electron chi connectivity index (χ2n) is 7.19. The molecule has 1 heterocycles. The average Bonchev–Trinajstić information content (AvgIpc) is 3.02. The van der Waals surface area contributed by atoms with Crippen molar-refractivity contribution in [1.82, 2.24) is 4.90 Å². The fraction of sp³-hybridized carbons (Fsp3) is 0.333. The zero-order chi connectivity index (χ0) is 22.5. The quantitative estimate of drug-likeness (QED) is 0.396. The normalized spacial score (nSPS) is 17.8. The van der Waals surface area contributed by atoms with Crippen LogP contribution in [0.1, 0.15) is 29.7 Å². The van der Waals surface area contributed by atoms with Gasteiger partial charge in [-0.1, -0.05) is 23.8 Å². The highest BCUT2D eigenvalue weighted by atomic mass is 16.5. The van der Waals surface area contributed by atoms with Crippen LogP contribution in [0.2, 0.25) is 0 Å². The van der Waals surface area contributed by atoms with Crippen molar-refractivity contribution in [2.45, 2.75) is 19.9 Å². The van der Waals surface area contributed by atoms with E-state index in [9.17, 15) is 14.7 Å². The van der Waals surface area contributed by atoms with Crippen LogP contribution in [-0.4, -0.2) is 55.7 Å². The zero-order valence-electron chi connectivity index (χ0n) is 18.2. The minimum atomic E-state index is -0.777. The van der Waals surface area contributed by atoms with E-state index in [1.165, 1.54) is 19.1 Å². The number of ketones is 1. The summed E-state index contributed by atoms with van der Waals surface area (Å²) in [4.78, 5) is 27.4. The lowest BCUT2D eigenvalue weighted by atomic mass is 9.94. The Balaban J connectivity index is 2.22. The SMILES string of the molecule is CCOc1cccc(C2/C(=C(\O)c3cc(C)ccc3OC)C(=O)C(=O)N2CCOC)c1. The molecule has 1 fully saturated rings. The van der Waals surface area contributed by atoms with E-state index in [4.69, 9.17) is 14.2 Å². The van der Waals surface area contributed by atoms with Gasteiger partial charge in [-0.2, -0.15) is 0 Å². The zero-order valence-corrected chi connectivity index (χ0v) is 18.2. The Morgan fingerprint density at radius 2 is 1.90 bits per heavy atom.